The number of carbonyl (C=O) groups is 1. The average Bonchev–Trinajstić information content (AvgIpc) is 3.08. The van der Waals surface area contributed by atoms with Gasteiger partial charge in [-0.15, -0.1) is 0 Å². The Morgan fingerprint density at radius 2 is 2.16 bits per heavy atom. The van der Waals surface area contributed by atoms with E-state index in [2.05, 4.69) is 4.98 Å². The lowest BCUT2D eigenvalue weighted by Gasteiger charge is -2.18. The van der Waals surface area contributed by atoms with Gasteiger partial charge in [-0.25, -0.2) is 0 Å². The normalized spacial score (nSPS) is 28.9. The van der Waals surface area contributed by atoms with E-state index in [0.29, 0.717) is 6.10 Å². The molecule has 3 heteroatoms. The average molecular weight is 253 g/mol. The highest BCUT2D eigenvalue weighted by Crippen LogP contribution is 2.40. The van der Waals surface area contributed by atoms with Crippen molar-refractivity contribution in [3.63, 3.8) is 0 Å². The molecular formula is C16H15NO2. The molecule has 2 fully saturated rings. The van der Waals surface area contributed by atoms with Crippen molar-refractivity contribution in [1.29, 1.82) is 0 Å². The summed E-state index contributed by atoms with van der Waals surface area (Å²) in [4.78, 5) is 17.1. The summed E-state index contributed by atoms with van der Waals surface area (Å²) in [5, 5.41) is 0.956. The maximum atomic E-state index is 12.7. The smallest absolute Gasteiger partial charge is 0.169 e. The van der Waals surface area contributed by atoms with Crippen LogP contribution < -0.4 is 0 Å². The number of rotatable bonds is 2. The van der Waals surface area contributed by atoms with E-state index in [0.717, 1.165) is 35.7 Å². The fraction of sp³-hybridized carbons (Fsp3) is 0.375. The van der Waals surface area contributed by atoms with E-state index in [-0.39, 0.29) is 17.8 Å². The number of carbonyl (C=O) groups excluding carboxylic acids is 1. The first-order chi connectivity index (χ1) is 9.33. The second kappa shape index (κ2) is 4.14. The first-order valence-electron chi connectivity index (χ1n) is 6.86. The van der Waals surface area contributed by atoms with Gasteiger partial charge in [0.15, 0.2) is 5.78 Å². The van der Waals surface area contributed by atoms with Crippen LogP contribution in [0.2, 0.25) is 0 Å². The highest BCUT2D eigenvalue weighted by Gasteiger charge is 2.44. The molecule has 96 valence electrons. The molecule has 0 spiro atoms. The Bertz CT molecular complexity index is 647. The fourth-order valence-corrected chi connectivity index (χ4v) is 3.43. The minimum absolute atomic E-state index is 0.0459. The Balaban J connectivity index is 1.76. The molecule has 0 saturated carbocycles. The van der Waals surface area contributed by atoms with E-state index in [1.165, 1.54) is 0 Å². The molecule has 1 aromatic carbocycles. The van der Waals surface area contributed by atoms with Crippen LogP contribution in [0.3, 0.4) is 0 Å². The lowest BCUT2D eigenvalue weighted by molar-refractivity contribution is 0.0744. The van der Waals surface area contributed by atoms with Gasteiger partial charge in [0, 0.05) is 17.1 Å². The minimum atomic E-state index is 0.0459. The molecule has 2 aliphatic heterocycles. The van der Waals surface area contributed by atoms with Crippen molar-refractivity contribution in [3.05, 3.63) is 42.1 Å². The third-order valence-electron chi connectivity index (χ3n) is 4.35. The summed E-state index contributed by atoms with van der Waals surface area (Å²) in [6, 6.07) is 9.64. The number of ketones is 1. The number of aromatic nitrogens is 1. The zero-order valence-corrected chi connectivity index (χ0v) is 10.6. The van der Waals surface area contributed by atoms with Crippen molar-refractivity contribution in [1.82, 2.24) is 4.98 Å². The van der Waals surface area contributed by atoms with E-state index >= 15 is 0 Å². The van der Waals surface area contributed by atoms with Gasteiger partial charge in [0.25, 0.3) is 0 Å². The van der Waals surface area contributed by atoms with Gasteiger partial charge in [0.2, 0.25) is 0 Å². The van der Waals surface area contributed by atoms with Crippen LogP contribution >= 0.6 is 0 Å². The molecular weight excluding hydrogens is 238 g/mol. The van der Waals surface area contributed by atoms with Crippen LogP contribution in [0, 0.1) is 5.92 Å². The van der Waals surface area contributed by atoms with Crippen molar-refractivity contribution in [2.24, 2.45) is 5.92 Å². The van der Waals surface area contributed by atoms with Crippen molar-refractivity contribution in [2.75, 3.05) is 0 Å². The molecule has 3 atom stereocenters. The second-order valence-corrected chi connectivity index (χ2v) is 5.46. The third-order valence-corrected chi connectivity index (χ3v) is 4.35. The molecule has 0 radical (unpaired) electrons. The topological polar surface area (TPSA) is 39.2 Å². The van der Waals surface area contributed by atoms with Gasteiger partial charge < -0.3 is 4.74 Å². The van der Waals surface area contributed by atoms with Gasteiger partial charge in [-0.1, -0.05) is 18.2 Å². The van der Waals surface area contributed by atoms with Crippen LogP contribution in [0.4, 0.5) is 0 Å². The Hall–Kier alpha value is -1.74. The standard InChI is InChI=1S/C16H15NO2/c18-16(13-9-10-6-7-15(13)19-10)12-3-1-5-14-11(12)4-2-8-17-14/h1-5,8,10,13,15H,6-7,9H2. The summed E-state index contributed by atoms with van der Waals surface area (Å²) >= 11 is 0. The molecule has 3 nitrogen and oxygen atoms in total. The predicted octanol–water partition coefficient (Wildman–Crippen LogP) is 2.99. The molecule has 0 N–H and O–H groups in total. The SMILES string of the molecule is O=C(c1cccc2ncccc12)C1CC2CCC1O2. The van der Waals surface area contributed by atoms with E-state index in [1.807, 2.05) is 30.3 Å². The number of ether oxygens (including phenoxy) is 1. The van der Waals surface area contributed by atoms with Crippen molar-refractivity contribution < 1.29 is 9.53 Å². The summed E-state index contributed by atoms with van der Waals surface area (Å²) in [5.41, 5.74) is 1.68. The van der Waals surface area contributed by atoms with Crippen molar-refractivity contribution >= 4 is 16.7 Å². The Labute approximate surface area is 111 Å². The number of hydrogen-bond acceptors (Lipinski definition) is 3. The molecule has 0 aliphatic carbocycles. The van der Waals surface area contributed by atoms with Gasteiger partial charge in [-0.2, -0.15) is 0 Å². The molecule has 1 aromatic heterocycles. The van der Waals surface area contributed by atoms with Crippen LogP contribution in [0.5, 0.6) is 0 Å². The van der Waals surface area contributed by atoms with E-state index < -0.39 is 0 Å². The zero-order valence-electron chi connectivity index (χ0n) is 10.6. The summed E-state index contributed by atoms with van der Waals surface area (Å²) in [6.07, 6.45) is 5.25. The van der Waals surface area contributed by atoms with E-state index in [4.69, 9.17) is 4.74 Å². The summed E-state index contributed by atoms with van der Waals surface area (Å²) in [5.74, 6) is 0.273. The molecule has 3 heterocycles. The Kier molecular flexibility index (Phi) is 2.42. The van der Waals surface area contributed by atoms with Crippen LogP contribution in [-0.4, -0.2) is 23.0 Å². The summed E-state index contributed by atoms with van der Waals surface area (Å²) < 4.78 is 5.80. The Morgan fingerprint density at radius 1 is 1.21 bits per heavy atom. The van der Waals surface area contributed by atoms with E-state index in [9.17, 15) is 4.79 Å². The quantitative estimate of drug-likeness (QED) is 0.772. The molecule has 2 aromatic rings. The molecule has 19 heavy (non-hydrogen) atoms. The van der Waals surface area contributed by atoms with Gasteiger partial charge in [-0.3, -0.25) is 9.78 Å². The van der Waals surface area contributed by atoms with Gasteiger partial charge >= 0.3 is 0 Å². The molecule has 0 amide bonds. The van der Waals surface area contributed by atoms with E-state index in [1.54, 1.807) is 6.20 Å². The summed E-state index contributed by atoms with van der Waals surface area (Å²) in [6.45, 7) is 0. The lowest BCUT2D eigenvalue weighted by Crippen LogP contribution is -2.25. The molecule has 2 saturated heterocycles. The summed E-state index contributed by atoms with van der Waals surface area (Å²) in [7, 11) is 0. The zero-order chi connectivity index (χ0) is 12.8. The van der Waals surface area contributed by atoms with Crippen molar-refractivity contribution in [3.8, 4) is 0 Å². The number of benzene rings is 1. The van der Waals surface area contributed by atoms with Crippen LogP contribution in [0.1, 0.15) is 29.6 Å². The number of nitrogens with zero attached hydrogens (tertiary/aromatic N) is 1. The highest BCUT2D eigenvalue weighted by atomic mass is 16.5. The largest absolute Gasteiger partial charge is 0.374 e. The minimum Gasteiger partial charge on any atom is -0.374 e. The van der Waals surface area contributed by atoms with Crippen LogP contribution in [0.25, 0.3) is 10.9 Å². The molecule has 2 bridgehead atoms. The maximum absolute atomic E-state index is 12.7. The number of hydrogen-bond donors (Lipinski definition) is 0. The third kappa shape index (κ3) is 1.69. The molecule has 4 rings (SSSR count). The monoisotopic (exact) mass is 253 g/mol. The van der Waals surface area contributed by atoms with Gasteiger partial charge in [-0.05, 0) is 31.4 Å². The Morgan fingerprint density at radius 3 is 2.95 bits per heavy atom. The first-order valence-corrected chi connectivity index (χ1v) is 6.86. The number of fused-ring (bicyclic) bond motifs is 3. The van der Waals surface area contributed by atoms with Crippen molar-refractivity contribution in [2.45, 2.75) is 31.5 Å². The van der Waals surface area contributed by atoms with Gasteiger partial charge in [0.1, 0.15) is 0 Å². The van der Waals surface area contributed by atoms with Gasteiger partial charge in [0.05, 0.1) is 23.6 Å². The first kappa shape index (κ1) is 11.1. The number of Topliss-reactive ketones (excluding diaryl/α,β-unsaturated/α-hetero) is 1. The number of pyridine rings is 1. The maximum Gasteiger partial charge on any atom is 0.169 e. The van der Waals surface area contributed by atoms with Crippen LogP contribution in [-0.2, 0) is 4.74 Å². The molecule has 3 unspecified atom stereocenters. The predicted molar refractivity (Wildman–Crippen MR) is 72.1 cm³/mol. The fourth-order valence-electron chi connectivity index (χ4n) is 3.43. The highest BCUT2D eigenvalue weighted by molar-refractivity contribution is 6.08. The second-order valence-electron chi connectivity index (χ2n) is 5.46. The van der Waals surface area contributed by atoms with Crippen LogP contribution in [0.15, 0.2) is 36.5 Å². The molecule has 2 aliphatic rings. The lowest BCUT2D eigenvalue weighted by atomic mass is 9.83.